The lowest BCUT2D eigenvalue weighted by atomic mass is 10.0. The van der Waals surface area contributed by atoms with Gasteiger partial charge >= 0.3 is 17.9 Å². The standard InChI is InChI=1S/C26H54N6O10Si2/c1-13-19-31(43(37-7,38-8)39-9)21(33)15-17-27-23(35)25(3,4)29-30-26(5,6)24(36)28-18-16-22(34)32(20-14-2)44(40-10,41-11)42-12/h13-20H2,1-12H3,(H,27,35)(H,28,36). The number of azo groups is 1. The van der Waals surface area contributed by atoms with Gasteiger partial charge in [-0.25, -0.2) is 0 Å². The normalized spacial score (nSPS) is 12.7. The Labute approximate surface area is 264 Å². The third-order valence-electron chi connectivity index (χ3n) is 6.62. The van der Waals surface area contributed by atoms with Crippen molar-refractivity contribution in [1.82, 2.24) is 19.8 Å². The van der Waals surface area contributed by atoms with Gasteiger partial charge in [-0.15, -0.1) is 0 Å². The summed E-state index contributed by atoms with van der Waals surface area (Å²) in [6.45, 7) is 10.8. The lowest BCUT2D eigenvalue weighted by Crippen LogP contribution is -2.62. The van der Waals surface area contributed by atoms with E-state index in [1.807, 2.05) is 13.8 Å². The van der Waals surface area contributed by atoms with E-state index in [2.05, 4.69) is 20.9 Å². The minimum atomic E-state index is -3.37. The van der Waals surface area contributed by atoms with Crippen molar-refractivity contribution < 1.29 is 45.7 Å². The van der Waals surface area contributed by atoms with Gasteiger partial charge in [-0.3, -0.25) is 19.2 Å². The van der Waals surface area contributed by atoms with Crippen molar-refractivity contribution in [3.8, 4) is 0 Å². The minimum absolute atomic E-state index is 0.0190. The van der Waals surface area contributed by atoms with Crippen LogP contribution in [0.1, 0.15) is 67.2 Å². The van der Waals surface area contributed by atoms with Crippen LogP contribution in [0.25, 0.3) is 0 Å². The second-order valence-corrected chi connectivity index (χ2v) is 16.3. The fourth-order valence-electron chi connectivity index (χ4n) is 4.05. The Morgan fingerprint density at radius 1 is 0.591 bits per heavy atom. The number of nitrogens with zero attached hydrogens (tertiary/aromatic N) is 4. The molecule has 0 aliphatic rings. The van der Waals surface area contributed by atoms with Crippen LogP contribution >= 0.6 is 0 Å². The smallest absolute Gasteiger partial charge is 0.360 e. The van der Waals surface area contributed by atoms with Crippen molar-refractivity contribution in [2.45, 2.75) is 78.3 Å². The van der Waals surface area contributed by atoms with Crippen LogP contribution in [0.15, 0.2) is 10.2 Å². The summed E-state index contributed by atoms with van der Waals surface area (Å²) in [6.07, 6.45) is 1.28. The zero-order valence-corrected chi connectivity index (χ0v) is 30.5. The van der Waals surface area contributed by atoms with Crippen LogP contribution in [0.5, 0.6) is 0 Å². The molecular formula is C26H54N6O10Si2. The number of rotatable bonds is 22. The van der Waals surface area contributed by atoms with Crippen molar-refractivity contribution >= 4 is 41.6 Å². The van der Waals surface area contributed by atoms with Crippen molar-refractivity contribution in [1.29, 1.82) is 0 Å². The molecule has 4 amide bonds. The molecule has 2 N–H and O–H groups in total. The molecule has 18 heteroatoms. The quantitative estimate of drug-likeness (QED) is 0.126. The largest absolute Gasteiger partial charge is 0.635 e. The van der Waals surface area contributed by atoms with E-state index in [0.717, 1.165) is 0 Å². The molecule has 0 fully saturated rings. The highest BCUT2D eigenvalue weighted by Crippen LogP contribution is 2.19. The van der Waals surface area contributed by atoms with Gasteiger partial charge in [0.15, 0.2) is 11.1 Å². The summed E-state index contributed by atoms with van der Waals surface area (Å²) in [5, 5.41) is 13.7. The van der Waals surface area contributed by atoms with E-state index in [9.17, 15) is 19.2 Å². The fourth-order valence-corrected chi connectivity index (χ4v) is 8.20. The molecule has 0 atom stereocenters. The summed E-state index contributed by atoms with van der Waals surface area (Å²) in [5.74, 6) is -1.55. The number of carbonyl (C=O) groups is 4. The van der Waals surface area contributed by atoms with Gasteiger partial charge in [0.05, 0.1) is 0 Å². The highest BCUT2D eigenvalue weighted by Gasteiger charge is 2.50. The van der Waals surface area contributed by atoms with E-state index in [0.29, 0.717) is 25.9 Å². The Morgan fingerprint density at radius 2 is 0.864 bits per heavy atom. The van der Waals surface area contributed by atoms with Crippen LogP contribution in [0.3, 0.4) is 0 Å². The summed E-state index contributed by atoms with van der Waals surface area (Å²) in [7, 11) is 1.80. The second-order valence-electron chi connectivity index (χ2n) is 10.7. The fraction of sp³-hybridized carbons (Fsp3) is 0.846. The molecule has 0 aliphatic carbocycles. The highest BCUT2D eigenvalue weighted by atomic mass is 28.4. The number of hydrogen-bond donors (Lipinski definition) is 2. The molecule has 0 saturated heterocycles. The van der Waals surface area contributed by atoms with Crippen LogP contribution in [-0.4, -0.2) is 131 Å². The molecule has 16 nitrogen and oxygen atoms in total. The van der Waals surface area contributed by atoms with Crippen LogP contribution in [0.2, 0.25) is 0 Å². The third-order valence-corrected chi connectivity index (χ3v) is 12.0. The Balaban J connectivity index is 5.22. The van der Waals surface area contributed by atoms with Gasteiger partial charge in [0.25, 0.3) is 0 Å². The van der Waals surface area contributed by atoms with Crippen LogP contribution in [0, 0.1) is 0 Å². The maximum Gasteiger partial charge on any atom is 0.635 e. The SMILES string of the molecule is CCCN(C(=O)CCNC(=O)C(C)(C)N=NC(C)(C)C(=O)NCCC(=O)N(CCC)[Si](OC)(OC)OC)[Si](OC)(OC)OC. The summed E-state index contributed by atoms with van der Waals surface area (Å²) in [5.41, 5.74) is -2.67. The predicted molar refractivity (Wildman–Crippen MR) is 166 cm³/mol. The van der Waals surface area contributed by atoms with E-state index < -0.39 is 40.8 Å². The molecule has 44 heavy (non-hydrogen) atoms. The van der Waals surface area contributed by atoms with Crippen molar-refractivity contribution in [3.63, 3.8) is 0 Å². The molecule has 0 unspecified atom stereocenters. The average molecular weight is 667 g/mol. The molecular weight excluding hydrogens is 612 g/mol. The molecule has 0 spiro atoms. The topological polar surface area (TPSA) is 179 Å². The first-order chi connectivity index (χ1) is 20.6. The monoisotopic (exact) mass is 666 g/mol. The molecule has 0 aliphatic heterocycles. The Hall–Kier alpha value is -2.33. The van der Waals surface area contributed by atoms with Crippen molar-refractivity contribution in [2.75, 3.05) is 68.8 Å². The van der Waals surface area contributed by atoms with E-state index in [1.54, 1.807) is 27.7 Å². The Morgan fingerprint density at radius 3 is 1.09 bits per heavy atom. The highest BCUT2D eigenvalue weighted by molar-refractivity contribution is 6.60. The zero-order valence-electron chi connectivity index (χ0n) is 28.5. The maximum absolute atomic E-state index is 13.0. The molecule has 0 heterocycles. The summed E-state index contributed by atoms with van der Waals surface area (Å²) in [4.78, 5) is 51.7. The average Bonchev–Trinajstić information content (AvgIpc) is 3.00. The first kappa shape index (κ1) is 41.7. The Kier molecular flexibility index (Phi) is 18.2. The van der Waals surface area contributed by atoms with Crippen molar-refractivity contribution in [3.05, 3.63) is 0 Å². The Bertz CT molecular complexity index is 871. The summed E-state index contributed by atoms with van der Waals surface area (Å²) < 4.78 is 35.5. The third kappa shape index (κ3) is 11.2. The summed E-state index contributed by atoms with van der Waals surface area (Å²) in [6, 6.07) is 0. The van der Waals surface area contributed by atoms with Gasteiger partial charge in [-0.05, 0) is 40.5 Å². The van der Waals surface area contributed by atoms with Gasteiger partial charge in [-0.1, -0.05) is 13.8 Å². The van der Waals surface area contributed by atoms with Gasteiger partial charge in [0, 0.05) is 81.7 Å². The molecule has 0 radical (unpaired) electrons. The lowest BCUT2D eigenvalue weighted by molar-refractivity contribution is -0.132. The predicted octanol–water partition coefficient (Wildman–Crippen LogP) is 1.24. The van der Waals surface area contributed by atoms with Gasteiger partial charge < -0.3 is 46.3 Å². The van der Waals surface area contributed by atoms with E-state index in [1.165, 1.54) is 51.8 Å². The molecule has 0 rings (SSSR count). The van der Waals surface area contributed by atoms with E-state index in [-0.39, 0.29) is 37.7 Å². The van der Waals surface area contributed by atoms with Crippen LogP contribution < -0.4 is 10.6 Å². The van der Waals surface area contributed by atoms with Crippen LogP contribution in [0.4, 0.5) is 0 Å². The number of carbonyl (C=O) groups excluding carboxylic acids is 4. The second kappa shape index (κ2) is 19.2. The van der Waals surface area contributed by atoms with Crippen molar-refractivity contribution in [2.24, 2.45) is 10.2 Å². The van der Waals surface area contributed by atoms with Gasteiger partial charge in [-0.2, -0.15) is 10.2 Å². The van der Waals surface area contributed by atoms with Gasteiger partial charge in [0.2, 0.25) is 23.6 Å². The zero-order chi connectivity index (χ0) is 34.2. The first-order valence-electron chi connectivity index (χ1n) is 14.5. The van der Waals surface area contributed by atoms with E-state index >= 15 is 0 Å². The number of nitrogens with one attached hydrogen (secondary N) is 2. The summed E-state index contributed by atoms with van der Waals surface area (Å²) >= 11 is 0. The maximum atomic E-state index is 13.0. The van der Waals surface area contributed by atoms with Gasteiger partial charge in [0.1, 0.15) is 0 Å². The molecule has 0 aromatic heterocycles. The molecule has 0 aromatic carbocycles. The molecule has 0 saturated carbocycles. The number of hydrogen-bond acceptors (Lipinski definition) is 12. The molecule has 256 valence electrons. The minimum Gasteiger partial charge on any atom is -0.360 e. The molecule has 0 bridgehead atoms. The first-order valence-corrected chi connectivity index (χ1v) is 17.8. The van der Waals surface area contributed by atoms with E-state index in [4.69, 9.17) is 26.6 Å². The molecule has 0 aromatic rings. The number of amides is 4. The van der Waals surface area contributed by atoms with Crippen LogP contribution in [-0.2, 0) is 45.7 Å². The lowest BCUT2D eigenvalue weighted by Gasteiger charge is -2.35.